The molecular weight excluding hydrogens is 244 g/mol. The van der Waals surface area contributed by atoms with Gasteiger partial charge in [0.25, 0.3) is 0 Å². The van der Waals surface area contributed by atoms with Crippen LogP contribution in [0.1, 0.15) is 85.5 Å². The van der Waals surface area contributed by atoms with E-state index < -0.39 is 0 Å². The van der Waals surface area contributed by atoms with Gasteiger partial charge in [0.05, 0.1) is 0 Å². The first-order valence-electron chi connectivity index (χ1n) is 8.84. The van der Waals surface area contributed by atoms with E-state index in [-0.39, 0.29) is 0 Å². The molecule has 114 valence electrons. The summed E-state index contributed by atoms with van der Waals surface area (Å²) in [5.74, 6) is 1.81. The van der Waals surface area contributed by atoms with E-state index in [4.69, 9.17) is 0 Å². The van der Waals surface area contributed by atoms with Crippen molar-refractivity contribution in [3.05, 3.63) is 0 Å². The summed E-state index contributed by atoms with van der Waals surface area (Å²) in [4.78, 5) is 12.7. The van der Waals surface area contributed by atoms with Crippen LogP contribution in [0.5, 0.6) is 0 Å². The van der Waals surface area contributed by atoms with Crippen LogP contribution in [0.15, 0.2) is 0 Å². The summed E-state index contributed by atoms with van der Waals surface area (Å²) in [5.41, 5.74) is 1.47. The molecular formula is C19H32O. The predicted octanol–water partition coefficient (Wildman–Crippen LogP) is 5.38. The zero-order valence-electron chi connectivity index (χ0n) is 13.9. The third-order valence-electron chi connectivity index (χ3n) is 6.73. The molecule has 0 radical (unpaired) electrons. The van der Waals surface area contributed by atoms with Gasteiger partial charge in [-0.05, 0) is 73.5 Å². The molecule has 2 atom stereocenters. The highest BCUT2D eigenvalue weighted by Crippen LogP contribution is 2.70. The van der Waals surface area contributed by atoms with Crippen LogP contribution in [-0.4, -0.2) is 5.78 Å². The quantitative estimate of drug-likeness (QED) is 0.659. The van der Waals surface area contributed by atoms with Crippen LogP contribution in [0.3, 0.4) is 0 Å². The molecule has 4 saturated carbocycles. The molecule has 4 aliphatic rings. The van der Waals surface area contributed by atoms with Crippen molar-refractivity contribution >= 4 is 5.78 Å². The second-order valence-electron chi connectivity index (χ2n) is 9.29. The Kier molecular flexibility index (Phi) is 3.34. The molecule has 0 aromatic heterocycles. The normalized spacial score (nSPS) is 46.1. The first-order valence-corrected chi connectivity index (χ1v) is 8.84. The van der Waals surface area contributed by atoms with E-state index in [1.54, 1.807) is 0 Å². The van der Waals surface area contributed by atoms with Crippen LogP contribution < -0.4 is 0 Å². The zero-order chi connectivity index (χ0) is 14.6. The molecule has 4 bridgehead atoms. The molecule has 0 N–H and O–H groups in total. The summed E-state index contributed by atoms with van der Waals surface area (Å²) in [6.07, 6.45) is 11.2. The summed E-state index contributed by atoms with van der Waals surface area (Å²) < 4.78 is 0. The molecule has 4 fully saturated rings. The van der Waals surface area contributed by atoms with Gasteiger partial charge in [-0.25, -0.2) is 0 Å². The number of hydrogen-bond acceptors (Lipinski definition) is 1. The monoisotopic (exact) mass is 276 g/mol. The van der Waals surface area contributed by atoms with E-state index >= 15 is 0 Å². The van der Waals surface area contributed by atoms with Crippen molar-refractivity contribution in [2.45, 2.75) is 85.5 Å². The van der Waals surface area contributed by atoms with Gasteiger partial charge in [-0.15, -0.1) is 0 Å². The van der Waals surface area contributed by atoms with E-state index in [9.17, 15) is 4.79 Å². The van der Waals surface area contributed by atoms with Crippen LogP contribution in [0.25, 0.3) is 0 Å². The minimum absolute atomic E-state index is 0.323. The Hall–Kier alpha value is -0.330. The molecule has 0 aliphatic heterocycles. The summed E-state index contributed by atoms with van der Waals surface area (Å²) in [7, 11) is 0. The molecule has 0 aromatic carbocycles. The number of rotatable bonds is 5. The largest absolute Gasteiger partial charge is 0.299 e. The topological polar surface area (TPSA) is 17.1 Å². The molecule has 1 nitrogen and oxygen atoms in total. The van der Waals surface area contributed by atoms with Gasteiger partial charge in [0.15, 0.2) is 0 Å². The lowest BCUT2D eigenvalue weighted by Gasteiger charge is -2.65. The third kappa shape index (κ3) is 2.35. The molecule has 0 heterocycles. The van der Waals surface area contributed by atoms with Gasteiger partial charge in [-0.1, -0.05) is 27.7 Å². The summed E-state index contributed by atoms with van der Waals surface area (Å²) in [6.45, 7) is 9.36. The Morgan fingerprint density at radius 1 is 1.00 bits per heavy atom. The average Bonchev–Trinajstić information content (AvgIpc) is 2.24. The van der Waals surface area contributed by atoms with Gasteiger partial charge in [0.1, 0.15) is 5.78 Å². The number of ketones is 1. The number of hydrogen-bond donors (Lipinski definition) is 0. The second-order valence-corrected chi connectivity index (χ2v) is 9.29. The lowest BCUT2D eigenvalue weighted by Crippen LogP contribution is -2.55. The van der Waals surface area contributed by atoms with Crippen LogP contribution in [0.4, 0.5) is 0 Å². The van der Waals surface area contributed by atoms with Crippen LogP contribution in [0, 0.1) is 28.1 Å². The number of carbonyl (C=O) groups excluding carboxylic acids is 1. The fourth-order valence-electron chi connectivity index (χ4n) is 7.14. The Morgan fingerprint density at radius 2 is 1.55 bits per heavy atom. The molecule has 0 spiro atoms. The standard InChI is InChI=1S/C19H32O/c1-5-15(6-2)16(20)10-19-9-14-7-17(3,12-19)11-18(4,8-14)13-19/h14-15H,5-13H2,1-4H3. The number of Topliss-reactive ketones (excluding diaryl/α,β-unsaturated/α-hetero) is 1. The summed E-state index contributed by atoms with van der Waals surface area (Å²) in [6, 6.07) is 0. The van der Waals surface area contributed by atoms with E-state index in [0.29, 0.717) is 27.9 Å². The van der Waals surface area contributed by atoms with Crippen molar-refractivity contribution < 1.29 is 4.79 Å². The molecule has 0 aromatic rings. The van der Waals surface area contributed by atoms with Crippen LogP contribution >= 0.6 is 0 Å². The van der Waals surface area contributed by atoms with Gasteiger partial charge >= 0.3 is 0 Å². The smallest absolute Gasteiger partial charge is 0.136 e. The SMILES string of the molecule is CCC(CC)C(=O)CC12CC3CC(C)(CC(C)(C3)C1)C2. The molecule has 20 heavy (non-hydrogen) atoms. The maximum absolute atomic E-state index is 12.7. The lowest BCUT2D eigenvalue weighted by atomic mass is 9.39. The first-order chi connectivity index (χ1) is 9.31. The Labute approximate surface area is 124 Å². The maximum atomic E-state index is 12.7. The third-order valence-corrected chi connectivity index (χ3v) is 6.73. The van der Waals surface area contributed by atoms with Gasteiger partial charge in [0.2, 0.25) is 0 Å². The van der Waals surface area contributed by atoms with E-state index in [1.165, 1.54) is 38.5 Å². The van der Waals surface area contributed by atoms with E-state index in [1.807, 2.05) is 0 Å². The molecule has 2 unspecified atom stereocenters. The molecule has 0 amide bonds. The van der Waals surface area contributed by atoms with E-state index in [0.717, 1.165) is 25.2 Å². The van der Waals surface area contributed by atoms with Crippen LogP contribution in [-0.2, 0) is 4.79 Å². The fourth-order valence-corrected chi connectivity index (χ4v) is 7.14. The maximum Gasteiger partial charge on any atom is 0.136 e. The van der Waals surface area contributed by atoms with Crippen LogP contribution in [0.2, 0.25) is 0 Å². The van der Waals surface area contributed by atoms with Gasteiger partial charge in [-0.3, -0.25) is 4.79 Å². The molecule has 0 saturated heterocycles. The Morgan fingerprint density at radius 3 is 2.00 bits per heavy atom. The molecule has 1 heteroatoms. The summed E-state index contributed by atoms with van der Waals surface area (Å²) >= 11 is 0. The Bertz CT molecular complexity index is 388. The van der Waals surface area contributed by atoms with Crippen molar-refractivity contribution in [2.75, 3.05) is 0 Å². The minimum atomic E-state index is 0.323. The zero-order valence-corrected chi connectivity index (χ0v) is 13.9. The van der Waals surface area contributed by atoms with Crippen molar-refractivity contribution in [1.29, 1.82) is 0 Å². The van der Waals surface area contributed by atoms with Crippen molar-refractivity contribution in [2.24, 2.45) is 28.1 Å². The van der Waals surface area contributed by atoms with Crippen molar-refractivity contribution in [3.63, 3.8) is 0 Å². The fraction of sp³-hybridized carbons (Fsp3) is 0.947. The van der Waals surface area contributed by atoms with E-state index in [2.05, 4.69) is 27.7 Å². The highest BCUT2D eigenvalue weighted by molar-refractivity contribution is 5.81. The lowest BCUT2D eigenvalue weighted by molar-refractivity contribution is -0.156. The first kappa shape index (κ1) is 14.6. The summed E-state index contributed by atoms with van der Waals surface area (Å²) in [5, 5.41) is 0. The molecule has 4 aliphatic carbocycles. The van der Waals surface area contributed by atoms with Gasteiger partial charge in [-0.2, -0.15) is 0 Å². The number of carbonyl (C=O) groups is 1. The predicted molar refractivity (Wildman–Crippen MR) is 83.5 cm³/mol. The molecule has 4 rings (SSSR count). The Balaban J connectivity index is 1.80. The van der Waals surface area contributed by atoms with Gasteiger partial charge < -0.3 is 0 Å². The van der Waals surface area contributed by atoms with Gasteiger partial charge in [0, 0.05) is 12.3 Å². The van der Waals surface area contributed by atoms with Crippen molar-refractivity contribution in [3.8, 4) is 0 Å². The highest BCUT2D eigenvalue weighted by atomic mass is 16.1. The minimum Gasteiger partial charge on any atom is -0.299 e. The second kappa shape index (κ2) is 4.58. The average molecular weight is 276 g/mol. The highest BCUT2D eigenvalue weighted by Gasteiger charge is 2.60. The van der Waals surface area contributed by atoms with Crippen molar-refractivity contribution in [1.82, 2.24) is 0 Å².